The van der Waals surface area contributed by atoms with E-state index >= 15 is 0 Å². The summed E-state index contributed by atoms with van der Waals surface area (Å²) in [6.07, 6.45) is 14.8. The molecule has 1 saturated heterocycles. The first-order valence-electron chi connectivity index (χ1n) is 14.7. The van der Waals surface area contributed by atoms with E-state index in [4.69, 9.17) is 4.74 Å². The number of hydrogen-bond acceptors (Lipinski definition) is 4. The largest absolute Gasteiger partial charge is 0.462 e. The lowest BCUT2D eigenvalue weighted by Crippen LogP contribution is -2.54. The molecular formula is C31H49NO3. The molecule has 4 aliphatic carbocycles. The average molecular weight is 484 g/mol. The van der Waals surface area contributed by atoms with Gasteiger partial charge in [-0.1, -0.05) is 33.8 Å². The van der Waals surface area contributed by atoms with Crippen molar-refractivity contribution in [3.05, 3.63) is 11.6 Å². The van der Waals surface area contributed by atoms with Gasteiger partial charge in [0.05, 0.1) is 6.42 Å². The third-order valence-electron chi connectivity index (χ3n) is 11.5. The molecule has 4 fully saturated rings. The highest BCUT2D eigenvalue weighted by Crippen LogP contribution is 2.66. The van der Waals surface area contributed by atoms with Crippen LogP contribution in [0.4, 0.5) is 0 Å². The van der Waals surface area contributed by atoms with E-state index in [1.807, 2.05) is 0 Å². The van der Waals surface area contributed by atoms with Gasteiger partial charge in [0.15, 0.2) is 5.78 Å². The molecule has 4 nitrogen and oxygen atoms in total. The summed E-state index contributed by atoms with van der Waals surface area (Å²) in [6.45, 7) is 14.4. The molecule has 0 radical (unpaired) electrons. The van der Waals surface area contributed by atoms with Crippen LogP contribution in [-0.2, 0) is 14.3 Å². The van der Waals surface area contributed by atoms with Crippen LogP contribution in [-0.4, -0.2) is 42.4 Å². The first kappa shape index (κ1) is 25.5. The van der Waals surface area contributed by atoms with Crippen LogP contribution in [0.15, 0.2) is 11.6 Å². The molecule has 4 heteroatoms. The zero-order chi connectivity index (χ0) is 25.0. The molecule has 0 aromatic rings. The highest BCUT2D eigenvalue weighted by Gasteiger charge is 2.59. The predicted octanol–water partition coefficient (Wildman–Crippen LogP) is 6.58. The van der Waals surface area contributed by atoms with Crippen molar-refractivity contribution >= 4 is 11.8 Å². The Morgan fingerprint density at radius 2 is 1.83 bits per heavy atom. The highest BCUT2D eigenvalue weighted by molar-refractivity contribution is 5.95. The fourth-order valence-electron chi connectivity index (χ4n) is 9.67. The van der Waals surface area contributed by atoms with E-state index in [2.05, 4.69) is 38.7 Å². The van der Waals surface area contributed by atoms with Gasteiger partial charge in [0, 0.05) is 13.1 Å². The summed E-state index contributed by atoms with van der Waals surface area (Å²) in [5, 5.41) is 0. The summed E-state index contributed by atoms with van der Waals surface area (Å²) in [6, 6.07) is 0. The molecule has 1 heterocycles. The Morgan fingerprint density at radius 3 is 2.57 bits per heavy atom. The van der Waals surface area contributed by atoms with Gasteiger partial charge in [-0.05, 0) is 123 Å². The van der Waals surface area contributed by atoms with Crippen LogP contribution in [0.3, 0.4) is 0 Å². The number of hydrogen-bond donors (Lipinski definition) is 0. The molecule has 0 spiro atoms. The summed E-state index contributed by atoms with van der Waals surface area (Å²) in [7, 11) is 0. The number of esters is 1. The number of Topliss-reactive ketones (excluding diaryl/α,β-unsaturated/α-hetero) is 1. The zero-order valence-electron chi connectivity index (χ0n) is 23.0. The fourth-order valence-corrected chi connectivity index (χ4v) is 9.67. The van der Waals surface area contributed by atoms with E-state index in [9.17, 15) is 9.59 Å². The second kappa shape index (κ2) is 9.30. The maximum Gasteiger partial charge on any atom is 0.307 e. The van der Waals surface area contributed by atoms with Crippen molar-refractivity contribution in [2.75, 3.05) is 19.6 Å². The van der Waals surface area contributed by atoms with Crippen LogP contribution in [0, 0.1) is 39.9 Å². The van der Waals surface area contributed by atoms with E-state index in [1.165, 1.54) is 38.5 Å². The van der Waals surface area contributed by atoms with Crippen molar-refractivity contribution in [3.63, 3.8) is 0 Å². The van der Waals surface area contributed by atoms with Crippen molar-refractivity contribution in [2.24, 2.45) is 39.9 Å². The summed E-state index contributed by atoms with van der Waals surface area (Å²) in [5.74, 6) is 3.13. The predicted molar refractivity (Wildman–Crippen MR) is 140 cm³/mol. The molecule has 3 saturated carbocycles. The van der Waals surface area contributed by atoms with Gasteiger partial charge in [0.25, 0.3) is 0 Å². The van der Waals surface area contributed by atoms with Gasteiger partial charge in [-0.25, -0.2) is 0 Å². The van der Waals surface area contributed by atoms with E-state index in [0.29, 0.717) is 34.9 Å². The Bertz CT molecular complexity index is 876. The Kier molecular flexibility index (Phi) is 6.77. The number of ether oxygens (including phenoxy) is 1. The average Bonchev–Trinajstić information content (AvgIpc) is 3.15. The van der Waals surface area contributed by atoms with Crippen LogP contribution in [0.2, 0.25) is 0 Å². The summed E-state index contributed by atoms with van der Waals surface area (Å²) in [5.41, 5.74) is 1.96. The van der Waals surface area contributed by atoms with Gasteiger partial charge in [0.1, 0.15) is 6.10 Å². The molecule has 0 aromatic carbocycles. The molecule has 5 aliphatic rings. The van der Waals surface area contributed by atoms with Gasteiger partial charge in [-0.2, -0.15) is 0 Å². The number of allylic oxidation sites excluding steroid dienone is 2. The smallest absolute Gasteiger partial charge is 0.307 e. The number of piperidine rings is 1. The molecule has 0 amide bonds. The number of rotatable bonds is 5. The van der Waals surface area contributed by atoms with E-state index in [1.54, 1.807) is 6.92 Å². The Labute approximate surface area is 213 Å². The maximum absolute atomic E-state index is 12.7. The normalized spacial score (nSPS) is 42.9. The summed E-state index contributed by atoms with van der Waals surface area (Å²) >= 11 is 0. The number of carbonyl (C=O) groups excluding carboxylic acids is 2. The lowest BCUT2D eigenvalue weighted by atomic mass is 9.44. The molecule has 5 rings (SSSR count). The van der Waals surface area contributed by atoms with Crippen LogP contribution in [0.5, 0.6) is 0 Å². The summed E-state index contributed by atoms with van der Waals surface area (Å²) < 4.78 is 6.08. The molecule has 0 N–H and O–H groups in total. The van der Waals surface area contributed by atoms with Crippen molar-refractivity contribution in [1.29, 1.82) is 0 Å². The quantitative estimate of drug-likeness (QED) is 0.415. The van der Waals surface area contributed by atoms with E-state index in [0.717, 1.165) is 62.7 Å². The monoisotopic (exact) mass is 483 g/mol. The minimum absolute atomic E-state index is 0.0119. The lowest BCUT2D eigenvalue weighted by molar-refractivity contribution is -0.161. The molecule has 0 unspecified atom stereocenters. The SMILES string of the molecule is CC(=O)C1=CC[C@H]2[C@H]3CC[C@H]4C[C@@H](OC(=O)CCN5CCCC(C)(C)C5)CC[C@]4(C)[C@H]3CC[C@]12C. The topological polar surface area (TPSA) is 46.6 Å². The minimum Gasteiger partial charge on any atom is -0.462 e. The van der Waals surface area contributed by atoms with Gasteiger partial charge in [0.2, 0.25) is 0 Å². The van der Waals surface area contributed by atoms with Crippen molar-refractivity contribution in [1.82, 2.24) is 4.90 Å². The molecule has 196 valence electrons. The molecule has 0 aromatic heterocycles. The number of fused-ring (bicyclic) bond motifs is 5. The first-order valence-corrected chi connectivity index (χ1v) is 14.7. The standard InChI is InChI=1S/C31H49NO3/c1-21(33)25-9-10-26-24-8-7-22-19-23(11-15-30(22,4)27(24)12-16-31(25,26)5)35-28(34)13-18-32-17-6-14-29(2,3)20-32/h9,22-24,26-27H,6-8,10-20H2,1-5H3/t22-,23-,24+,26-,27-,30-,31+/m0/s1. The zero-order valence-corrected chi connectivity index (χ0v) is 23.0. The van der Waals surface area contributed by atoms with Crippen molar-refractivity contribution in [3.8, 4) is 0 Å². The van der Waals surface area contributed by atoms with Crippen LogP contribution >= 0.6 is 0 Å². The Morgan fingerprint density at radius 1 is 1.03 bits per heavy atom. The van der Waals surface area contributed by atoms with E-state index in [-0.39, 0.29) is 17.5 Å². The molecule has 35 heavy (non-hydrogen) atoms. The number of nitrogens with zero attached hydrogens (tertiary/aromatic N) is 1. The third kappa shape index (κ3) is 4.66. The van der Waals surface area contributed by atoms with Gasteiger partial charge in [-0.3, -0.25) is 9.59 Å². The summed E-state index contributed by atoms with van der Waals surface area (Å²) in [4.78, 5) is 27.5. The molecule has 0 bridgehead atoms. The Hall–Kier alpha value is -1.16. The van der Waals surface area contributed by atoms with Gasteiger partial charge < -0.3 is 9.64 Å². The second-order valence-corrected chi connectivity index (χ2v) is 14.2. The van der Waals surface area contributed by atoms with Crippen molar-refractivity contribution < 1.29 is 14.3 Å². The number of carbonyl (C=O) groups is 2. The molecule has 7 atom stereocenters. The first-order chi connectivity index (χ1) is 16.5. The minimum atomic E-state index is 0.0119. The third-order valence-corrected chi connectivity index (χ3v) is 11.5. The second-order valence-electron chi connectivity index (χ2n) is 14.2. The molecule has 1 aliphatic heterocycles. The number of likely N-dealkylation sites (tertiary alicyclic amines) is 1. The van der Waals surface area contributed by atoms with Crippen LogP contribution in [0.1, 0.15) is 105 Å². The maximum atomic E-state index is 12.7. The highest BCUT2D eigenvalue weighted by atomic mass is 16.5. The lowest BCUT2D eigenvalue weighted by Gasteiger charge is -2.60. The van der Waals surface area contributed by atoms with Crippen LogP contribution < -0.4 is 0 Å². The van der Waals surface area contributed by atoms with Crippen molar-refractivity contribution in [2.45, 2.75) is 111 Å². The van der Waals surface area contributed by atoms with E-state index < -0.39 is 0 Å². The van der Waals surface area contributed by atoms with Gasteiger partial charge in [-0.15, -0.1) is 0 Å². The fraction of sp³-hybridized carbons (Fsp3) is 0.871. The van der Waals surface area contributed by atoms with Gasteiger partial charge >= 0.3 is 5.97 Å². The number of ketones is 1. The van der Waals surface area contributed by atoms with Crippen LogP contribution in [0.25, 0.3) is 0 Å². The molecular weight excluding hydrogens is 434 g/mol. The Balaban J connectivity index is 1.16.